The molecule has 2 atom stereocenters. The van der Waals surface area contributed by atoms with Crippen LogP contribution in [0.5, 0.6) is 0 Å². The molecule has 39 heavy (non-hydrogen) atoms. The molecule has 0 aromatic heterocycles. The summed E-state index contributed by atoms with van der Waals surface area (Å²) in [5.74, 6) is 1.39. The zero-order valence-corrected chi connectivity index (χ0v) is 22.9. The van der Waals surface area contributed by atoms with Crippen molar-refractivity contribution in [3.63, 3.8) is 0 Å². The Hall–Kier alpha value is -3.52. The van der Waals surface area contributed by atoms with Crippen molar-refractivity contribution in [1.82, 2.24) is 14.7 Å². The van der Waals surface area contributed by atoms with Gasteiger partial charge in [-0.2, -0.15) is 0 Å². The van der Waals surface area contributed by atoms with Gasteiger partial charge in [0.15, 0.2) is 0 Å². The predicted octanol–water partition coefficient (Wildman–Crippen LogP) is 4.42. The minimum atomic E-state index is -0.463. The monoisotopic (exact) mass is 530 g/mol. The second kappa shape index (κ2) is 11.3. The van der Waals surface area contributed by atoms with Gasteiger partial charge in [0, 0.05) is 63.5 Å². The number of hydrogen-bond donors (Lipinski definition) is 0. The number of nitro groups is 1. The molecule has 1 saturated heterocycles. The summed E-state index contributed by atoms with van der Waals surface area (Å²) in [5, 5.41) is 10.9. The van der Waals surface area contributed by atoms with E-state index in [4.69, 9.17) is 0 Å². The fraction of sp³-hybridized carbons (Fsp3) is 0.484. The largest absolute Gasteiger partial charge is 0.337 e. The van der Waals surface area contributed by atoms with Gasteiger partial charge < -0.3 is 9.80 Å². The van der Waals surface area contributed by atoms with Gasteiger partial charge in [0.25, 0.3) is 11.6 Å². The Balaban J connectivity index is 1.18. The van der Waals surface area contributed by atoms with Crippen molar-refractivity contribution in [3.8, 4) is 0 Å². The minimum absolute atomic E-state index is 0.0209. The number of benzene rings is 2. The summed E-state index contributed by atoms with van der Waals surface area (Å²) in [6, 6.07) is 15.7. The molecular weight excluding hydrogens is 492 g/mol. The summed E-state index contributed by atoms with van der Waals surface area (Å²) in [4.78, 5) is 43.0. The maximum Gasteiger partial charge on any atom is 0.269 e. The molecule has 1 heterocycles. The fourth-order valence-corrected chi connectivity index (χ4v) is 6.40. The van der Waals surface area contributed by atoms with E-state index >= 15 is 0 Å². The molecule has 2 fully saturated rings. The van der Waals surface area contributed by atoms with Crippen molar-refractivity contribution in [2.24, 2.45) is 17.3 Å². The van der Waals surface area contributed by atoms with E-state index in [0.29, 0.717) is 49.5 Å². The van der Waals surface area contributed by atoms with Gasteiger partial charge in [-0.25, -0.2) is 0 Å². The van der Waals surface area contributed by atoms with Crippen LogP contribution in [0.4, 0.5) is 5.69 Å². The van der Waals surface area contributed by atoms with Crippen LogP contribution in [0.25, 0.3) is 0 Å². The molecule has 6 rings (SSSR count). The van der Waals surface area contributed by atoms with Crippen molar-refractivity contribution in [1.29, 1.82) is 0 Å². The number of carbonyl (C=O) groups excluding carboxylic acids is 2. The lowest BCUT2D eigenvalue weighted by Crippen LogP contribution is -2.52. The molecule has 3 aliphatic carbocycles. The standard InChI is InChI=1S/C31H38N4O4/c1-31(2)26-11-8-25(28(31)21-26)22-34(29(36)20-23-6-4-3-5-7-23)19-16-32-14-17-33(18-15-32)30(37)24-9-12-27(13-10-24)35(38)39/h3-10,12-13,26,28H,11,14-22H2,1-2H3. The zero-order valence-electron chi connectivity index (χ0n) is 22.9. The SMILES string of the molecule is CC1(C)C2CC=C(CN(CCN3CCN(C(=O)c4ccc([N+](=O)[O-])cc4)CC3)C(=O)Cc3ccccc3)C1C2. The van der Waals surface area contributed by atoms with Crippen LogP contribution in [0.2, 0.25) is 0 Å². The average Bonchev–Trinajstić information content (AvgIpc) is 2.95. The number of allylic oxidation sites excluding steroid dienone is 1. The summed E-state index contributed by atoms with van der Waals surface area (Å²) < 4.78 is 0. The van der Waals surface area contributed by atoms with Crippen LogP contribution in [0, 0.1) is 27.4 Å². The molecule has 0 N–H and O–H groups in total. The molecule has 4 aliphatic rings. The minimum Gasteiger partial charge on any atom is -0.337 e. The van der Waals surface area contributed by atoms with Gasteiger partial charge in [-0.3, -0.25) is 24.6 Å². The van der Waals surface area contributed by atoms with Crippen LogP contribution < -0.4 is 0 Å². The van der Waals surface area contributed by atoms with Crippen LogP contribution in [0.3, 0.4) is 0 Å². The third kappa shape index (κ3) is 5.91. The molecule has 8 heteroatoms. The van der Waals surface area contributed by atoms with E-state index < -0.39 is 4.92 Å². The van der Waals surface area contributed by atoms with E-state index in [0.717, 1.165) is 37.5 Å². The molecule has 1 aliphatic heterocycles. The van der Waals surface area contributed by atoms with Gasteiger partial charge in [0.2, 0.25) is 5.91 Å². The highest BCUT2D eigenvalue weighted by Gasteiger charge is 2.51. The zero-order chi connectivity index (χ0) is 27.6. The van der Waals surface area contributed by atoms with E-state index in [1.54, 1.807) is 4.90 Å². The summed E-state index contributed by atoms with van der Waals surface area (Å²) in [6.45, 7) is 9.52. The highest BCUT2D eigenvalue weighted by molar-refractivity contribution is 5.94. The van der Waals surface area contributed by atoms with E-state index in [-0.39, 0.29) is 17.5 Å². The van der Waals surface area contributed by atoms with E-state index in [1.807, 2.05) is 35.2 Å². The van der Waals surface area contributed by atoms with Crippen molar-refractivity contribution in [3.05, 3.63) is 87.5 Å². The molecule has 8 nitrogen and oxygen atoms in total. The number of nitrogens with zero attached hydrogens (tertiary/aromatic N) is 4. The van der Waals surface area contributed by atoms with E-state index in [9.17, 15) is 19.7 Å². The smallest absolute Gasteiger partial charge is 0.269 e. The summed E-state index contributed by atoms with van der Waals surface area (Å²) in [5.41, 5.74) is 3.22. The average molecular weight is 531 g/mol. The third-order valence-corrected chi connectivity index (χ3v) is 9.18. The van der Waals surface area contributed by atoms with Gasteiger partial charge in [0.1, 0.15) is 0 Å². The Kier molecular flexibility index (Phi) is 7.84. The maximum absolute atomic E-state index is 13.5. The number of piperazine rings is 1. The highest BCUT2D eigenvalue weighted by Crippen LogP contribution is 2.59. The lowest BCUT2D eigenvalue weighted by atomic mass is 9.49. The highest BCUT2D eigenvalue weighted by atomic mass is 16.6. The Morgan fingerprint density at radius 3 is 2.33 bits per heavy atom. The topological polar surface area (TPSA) is 87.0 Å². The van der Waals surface area contributed by atoms with E-state index in [1.165, 1.54) is 36.3 Å². The van der Waals surface area contributed by atoms with E-state index in [2.05, 4.69) is 24.8 Å². The van der Waals surface area contributed by atoms with Gasteiger partial charge in [0.05, 0.1) is 11.3 Å². The molecule has 2 amide bonds. The number of nitro benzene ring substituents is 1. The Bertz CT molecular complexity index is 1230. The first-order valence-corrected chi connectivity index (χ1v) is 14.0. The number of hydrogen-bond acceptors (Lipinski definition) is 5. The third-order valence-electron chi connectivity index (χ3n) is 9.18. The molecule has 2 bridgehead atoms. The molecule has 1 saturated carbocycles. The molecule has 2 unspecified atom stereocenters. The van der Waals surface area contributed by atoms with Gasteiger partial charge >= 0.3 is 0 Å². The Labute approximate surface area is 230 Å². The first-order valence-electron chi connectivity index (χ1n) is 14.0. The van der Waals surface area contributed by atoms with Crippen LogP contribution in [-0.2, 0) is 11.2 Å². The molecule has 2 aromatic rings. The molecule has 0 radical (unpaired) electrons. The second-order valence-corrected chi connectivity index (χ2v) is 11.7. The lowest BCUT2D eigenvalue weighted by Gasteiger charge is -2.57. The normalized spacial score (nSPS) is 22.0. The summed E-state index contributed by atoms with van der Waals surface area (Å²) in [7, 11) is 0. The van der Waals surface area contributed by atoms with Gasteiger partial charge in [-0.15, -0.1) is 0 Å². The van der Waals surface area contributed by atoms with Crippen molar-refractivity contribution in [2.45, 2.75) is 33.1 Å². The summed E-state index contributed by atoms with van der Waals surface area (Å²) in [6.07, 6.45) is 5.15. The number of carbonyl (C=O) groups is 2. The number of non-ortho nitro benzene ring substituents is 1. The predicted molar refractivity (Wildman–Crippen MR) is 150 cm³/mol. The number of fused-ring (bicyclic) bond motifs is 1. The maximum atomic E-state index is 13.5. The van der Waals surface area contributed by atoms with Gasteiger partial charge in [-0.1, -0.05) is 55.8 Å². The quantitative estimate of drug-likeness (QED) is 0.272. The van der Waals surface area contributed by atoms with Crippen LogP contribution in [0.1, 0.15) is 42.6 Å². The lowest BCUT2D eigenvalue weighted by molar-refractivity contribution is -0.384. The van der Waals surface area contributed by atoms with Crippen LogP contribution >= 0.6 is 0 Å². The molecule has 206 valence electrons. The van der Waals surface area contributed by atoms with Crippen molar-refractivity contribution < 1.29 is 14.5 Å². The molecule has 2 aromatic carbocycles. The van der Waals surface area contributed by atoms with Crippen molar-refractivity contribution in [2.75, 3.05) is 45.8 Å². The Morgan fingerprint density at radius 2 is 1.72 bits per heavy atom. The van der Waals surface area contributed by atoms with Gasteiger partial charge in [-0.05, 0) is 47.8 Å². The second-order valence-electron chi connectivity index (χ2n) is 11.7. The first-order chi connectivity index (χ1) is 18.7. The van der Waals surface area contributed by atoms with Crippen molar-refractivity contribution >= 4 is 17.5 Å². The summed E-state index contributed by atoms with van der Waals surface area (Å²) >= 11 is 0. The number of amides is 2. The van der Waals surface area contributed by atoms with Crippen LogP contribution in [-0.4, -0.2) is 77.3 Å². The van der Waals surface area contributed by atoms with Crippen LogP contribution in [0.15, 0.2) is 66.2 Å². The Morgan fingerprint density at radius 1 is 1.03 bits per heavy atom. The molecular formula is C31H38N4O4. The molecule has 0 spiro atoms. The number of rotatable bonds is 9. The fourth-order valence-electron chi connectivity index (χ4n) is 6.40. The first kappa shape index (κ1) is 27.1.